The fraction of sp³-hybridized carbons (Fsp3) is 0.231. The van der Waals surface area contributed by atoms with E-state index in [1.165, 1.54) is 0 Å². The molecule has 0 heterocycles. The second-order valence-corrected chi connectivity index (χ2v) is 29.7. The number of hydrogen-bond acceptors (Lipinski definition) is 6. The van der Waals surface area contributed by atoms with Gasteiger partial charge in [0.15, 0.2) is 0 Å². The highest BCUT2D eigenvalue weighted by atomic mass is 31.1. The quantitative estimate of drug-likeness (QED) is 0.0525. The molecule has 9 rings (SSSR count). The highest BCUT2D eigenvalue weighted by molar-refractivity contribution is 7.79. The summed E-state index contributed by atoms with van der Waals surface area (Å²) >= 11 is 0. The Hall–Kier alpha value is -8.81. The third-order valence-electron chi connectivity index (χ3n) is 16.8. The minimum absolute atomic E-state index is 0.0128. The molecule has 0 spiro atoms. The van der Waals surface area contributed by atoms with E-state index in [1.54, 1.807) is 0 Å². The molecular weight excluding hydrogens is 1150 g/mol. The summed E-state index contributed by atoms with van der Waals surface area (Å²) in [6.45, 7) is 1.81. The fourth-order valence-corrected chi connectivity index (χ4v) is 15.0. The normalized spacial score (nSPS) is 12.4. The van der Waals surface area contributed by atoms with Crippen LogP contribution in [0.5, 0.6) is 0 Å². The zero-order valence-electron chi connectivity index (χ0n) is 54.8. The number of carbonyl (C=O) groups is 6. The molecule has 9 aromatic carbocycles. The summed E-state index contributed by atoms with van der Waals surface area (Å²) in [4.78, 5) is 88.1. The first-order chi connectivity index (χ1) is 43.0. The summed E-state index contributed by atoms with van der Waals surface area (Å²) in [5.41, 5.74) is 8.80. The summed E-state index contributed by atoms with van der Waals surface area (Å²) in [7, 11) is 21.4. The Kier molecular flexibility index (Phi) is 20.0. The number of quaternary nitrogens is 6. The Bertz CT molecular complexity index is 3440. The fourth-order valence-electron chi connectivity index (χ4n) is 12.4. The number of benzene rings is 9. The van der Waals surface area contributed by atoms with Crippen LogP contribution in [0.25, 0.3) is 0 Å². The molecule has 6 amide bonds. The smallest absolute Gasteiger partial charge is 0.257 e. The van der Waals surface area contributed by atoms with Crippen molar-refractivity contribution in [2.75, 3.05) is 84.6 Å². The van der Waals surface area contributed by atoms with Crippen LogP contribution in [0.1, 0.15) is 95.5 Å². The van der Waals surface area contributed by atoms with Crippen molar-refractivity contribution in [1.82, 2.24) is 0 Å². The van der Waals surface area contributed by atoms with Gasteiger partial charge in [-0.3, -0.25) is 26.9 Å². The van der Waals surface area contributed by atoms with Gasteiger partial charge >= 0.3 is 35.4 Å². The number of carbonyl (C=O) groups excluding carboxylic acids is 6. The Morgan fingerprint density at radius 1 is 0.220 bits per heavy atom. The molecule has 0 unspecified atom stereocenters. The molecule has 0 aliphatic rings. The van der Waals surface area contributed by atoms with Crippen LogP contribution in [-0.4, -0.2) is 147 Å². The molecule has 0 atom stereocenters. The van der Waals surface area contributed by atoms with E-state index >= 15 is 0 Å². The van der Waals surface area contributed by atoms with Crippen LogP contribution in [-0.2, 0) is 39.3 Å². The summed E-state index contributed by atoms with van der Waals surface area (Å²) in [6, 6.07) is 75.6. The van der Waals surface area contributed by atoms with Gasteiger partial charge in [0.05, 0.1) is 118 Å². The minimum Gasteiger partial charge on any atom is -0.257 e. The monoisotopic (exact) mass is 1230 g/mol. The van der Waals surface area contributed by atoms with Crippen LogP contribution >= 0.6 is 7.92 Å². The summed E-state index contributed by atoms with van der Waals surface area (Å²) in [5, 5.41) is 2.79. The lowest BCUT2D eigenvalue weighted by Gasteiger charge is -2.32. The average Bonchev–Trinajstić information content (AvgIpc) is 0.897. The van der Waals surface area contributed by atoms with E-state index in [0.717, 1.165) is 49.3 Å². The van der Waals surface area contributed by atoms with Crippen molar-refractivity contribution < 1.29 is 55.7 Å². The molecule has 0 bridgehead atoms. The van der Waals surface area contributed by atoms with Crippen LogP contribution in [0.3, 0.4) is 0 Å². The van der Waals surface area contributed by atoms with Gasteiger partial charge in [-0.15, -0.1) is 0 Å². The molecule has 0 N–H and O–H groups in total. The molecule has 13 heteroatoms. The van der Waals surface area contributed by atoms with E-state index in [4.69, 9.17) is 0 Å². The Labute approximate surface area is 539 Å². The van der Waals surface area contributed by atoms with Crippen molar-refractivity contribution in [2.24, 2.45) is 0 Å². The second kappa shape index (κ2) is 27.3. The second-order valence-electron chi connectivity index (χ2n) is 27.4. The maximum atomic E-state index is 14.7. The highest BCUT2D eigenvalue weighted by Gasteiger charge is 2.37. The molecule has 0 aliphatic heterocycles. The van der Waals surface area contributed by atoms with Crippen LogP contribution in [0.2, 0.25) is 0 Å². The predicted octanol–water partition coefficient (Wildman–Crippen LogP) is 11.9. The first-order valence-corrected chi connectivity index (χ1v) is 32.1. The average molecular weight is 1240 g/mol. The van der Waals surface area contributed by atoms with Gasteiger partial charge in [-0.25, -0.2) is 28.8 Å². The third-order valence-corrected chi connectivity index (χ3v) is 19.1. The summed E-state index contributed by atoms with van der Waals surface area (Å²) < 4.78 is -0.0770. The number of amides is 6. The molecule has 12 nitrogen and oxygen atoms in total. The van der Waals surface area contributed by atoms with Gasteiger partial charge in [-0.05, 0) is 151 Å². The molecular formula is C78H87N6O6P+6. The molecule has 0 aliphatic carbocycles. The third kappa shape index (κ3) is 16.2. The van der Waals surface area contributed by atoms with Gasteiger partial charge in [-0.1, -0.05) is 109 Å². The van der Waals surface area contributed by atoms with Gasteiger partial charge in [0.2, 0.25) is 0 Å². The van der Waals surface area contributed by atoms with Gasteiger partial charge in [-0.2, -0.15) is 0 Å². The van der Waals surface area contributed by atoms with E-state index in [9.17, 15) is 28.8 Å². The Morgan fingerprint density at radius 2 is 0.352 bits per heavy atom. The maximum absolute atomic E-state index is 14.7. The molecule has 464 valence electrons. The predicted molar refractivity (Wildman–Crippen MR) is 365 cm³/mol. The molecule has 91 heavy (non-hydrogen) atoms. The molecule has 0 saturated carbocycles. The number of nitrogens with zero attached hydrogens (tertiary/aromatic N) is 6. The topological polar surface area (TPSA) is 102 Å². The van der Waals surface area contributed by atoms with Crippen LogP contribution in [0.15, 0.2) is 237 Å². The summed E-state index contributed by atoms with van der Waals surface area (Å²) in [6.07, 6.45) is 0. The standard InChI is InChI=1S/C78H87N6O6P/c1-79(2,73(85)64-31-19-13-20-32-64)52-58-43-59(53-80(3,4)74(86)65-33-21-14-22-34-65)47-70(46-58)91(71-48-60(54-81(5,6)75(87)66-35-23-15-24-36-66)44-61(49-71)55-82(7,8)76(88)67-37-25-16-26-38-67)72-50-62(56-83(9,10)77(89)68-39-27-17-28-40-68)45-63(51-72)57-84(11,12)78(90)69-41-29-18-30-42-69/h13-51H,52-57H2,1-12H3/q+6. The van der Waals surface area contributed by atoms with E-state index in [-0.39, 0.29) is 62.3 Å². The highest BCUT2D eigenvalue weighted by Crippen LogP contribution is 2.38. The van der Waals surface area contributed by atoms with Crippen molar-refractivity contribution >= 4 is 59.3 Å². The largest absolute Gasteiger partial charge is 0.345 e. The molecule has 9 aromatic rings. The zero-order chi connectivity index (χ0) is 65.5. The first kappa shape index (κ1) is 66.6. The molecule has 0 fully saturated rings. The van der Waals surface area contributed by atoms with Gasteiger partial charge in [0.1, 0.15) is 39.3 Å². The van der Waals surface area contributed by atoms with Crippen LogP contribution < -0.4 is 15.9 Å². The molecule has 0 radical (unpaired) electrons. The SMILES string of the molecule is C[N+](C)(Cc1cc(C[N+](C)(C)C(=O)c2ccccc2)cc(P(c2cc(C[N+](C)(C)C(=O)c3ccccc3)cc(C[N+](C)(C)C(=O)c3ccccc3)c2)c2cc(C[N+](C)(C)C(=O)c3ccccc3)cc(C[N+](C)(C)C(=O)c3ccccc3)c2)c1)C(=O)c1ccccc1. The lowest BCUT2D eigenvalue weighted by molar-refractivity contribution is -0.822. The van der Waals surface area contributed by atoms with Crippen molar-refractivity contribution in [3.8, 4) is 0 Å². The van der Waals surface area contributed by atoms with Gasteiger partial charge in [0, 0.05) is 33.4 Å². The van der Waals surface area contributed by atoms with Gasteiger partial charge < -0.3 is 0 Å². The van der Waals surface area contributed by atoms with Crippen molar-refractivity contribution in [2.45, 2.75) is 39.3 Å². The van der Waals surface area contributed by atoms with Crippen LogP contribution in [0, 0.1) is 0 Å². The van der Waals surface area contributed by atoms with E-state index in [1.807, 2.05) is 267 Å². The minimum atomic E-state index is -1.70. The number of rotatable bonds is 21. The maximum Gasteiger partial charge on any atom is 0.345 e. The lowest BCUT2D eigenvalue weighted by atomic mass is 10.1. The van der Waals surface area contributed by atoms with E-state index < -0.39 is 7.92 Å². The van der Waals surface area contributed by atoms with E-state index in [2.05, 4.69) is 54.6 Å². The summed E-state index contributed by atoms with van der Waals surface area (Å²) in [5.74, 6) is -0.372. The van der Waals surface area contributed by atoms with Crippen LogP contribution in [0.4, 0.5) is 0 Å². The zero-order valence-corrected chi connectivity index (χ0v) is 55.7. The molecule has 0 aromatic heterocycles. The lowest BCUT2D eigenvalue weighted by Crippen LogP contribution is -2.46. The van der Waals surface area contributed by atoms with Crippen molar-refractivity contribution in [3.05, 3.63) is 303 Å². The van der Waals surface area contributed by atoms with Crippen molar-refractivity contribution in [1.29, 1.82) is 0 Å². The Balaban J connectivity index is 1.33. The first-order valence-electron chi connectivity index (χ1n) is 30.8. The van der Waals surface area contributed by atoms with E-state index in [0.29, 0.717) is 72.6 Å². The molecule has 0 saturated heterocycles. The number of hydrogen-bond donors (Lipinski definition) is 0. The Morgan fingerprint density at radius 3 is 0.484 bits per heavy atom. The van der Waals surface area contributed by atoms with Gasteiger partial charge in [0.25, 0.3) is 0 Å². The van der Waals surface area contributed by atoms with Crippen molar-refractivity contribution in [3.63, 3.8) is 0 Å².